The van der Waals surface area contributed by atoms with E-state index in [0.717, 1.165) is 17.7 Å². The number of fused-ring (bicyclic) bond motifs is 1. The molecule has 0 bridgehead atoms. The summed E-state index contributed by atoms with van der Waals surface area (Å²) in [5, 5.41) is 9.45. The van der Waals surface area contributed by atoms with E-state index in [0.29, 0.717) is 22.5 Å². The second-order valence-corrected chi connectivity index (χ2v) is 5.46. The van der Waals surface area contributed by atoms with Crippen molar-refractivity contribution in [1.82, 2.24) is 9.55 Å². The van der Waals surface area contributed by atoms with Crippen LogP contribution in [-0.2, 0) is 24.2 Å². The van der Waals surface area contributed by atoms with Crippen molar-refractivity contribution in [1.29, 1.82) is 0 Å². The molecule has 2 rings (SSSR count). The molecule has 0 amide bonds. The van der Waals surface area contributed by atoms with Crippen LogP contribution >= 0.6 is 11.3 Å². The van der Waals surface area contributed by atoms with Crippen molar-refractivity contribution in [3.8, 4) is 0 Å². The summed E-state index contributed by atoms with van der Waals surface area (Å²) in [4.78, 5) is 29.5. The Labute approximate surface area is 114 Å². The lowest BCUT2D eigenvalue weighted by Crippen LogP contribution is -2.28. The molecular weight excluding hydrogens is 264 g/mol. The Kier molecular flexibility index (Phi) is 3.99. The van der Waals surface area contributed by atoms with Gasteiger partial charge in [0.05, 0.1) is 5.39 Å². The molecule has 0 aromatic carbocycles. The van der Waals surface area contributed by atoms with E-state index in [-0.39, 0.29) is 12.1 Å². The van der Waals surface area contributed by atoms with Gasteiger partial charge >= 0.3 is 5.97 Å². The average molecular weight is 280 g/mol. The number of hydrogen-bond acceptors (Lipinski definition) is 4. The van der Waals surface area contributed by atoms with E-state index in [2.05, 4.69) is 4.98 Å². The zero-order valence-corrected chi connectivity index (χ0v) is 11.8. The summed E-state index contributed by atoms with van der Waals surface area (Å²) in [6, 6.07) is 1.82. The van der Waals surface area contributed by atoms with Crippen molar-refractivity contribution in [3.63, 3.8) is 0 Å². The molecule has 0 spiro atoms. The van der Waals surface area contributed by atoms with Crippen LogP contribution < -0.4 is 5.56 Å². The molecule has 6 heteroatoms. The largest absolute Gasteiger partial charge is 0.480 e. The molecule has 19 heavy (non-hydrogen) atoms. The molecule has 1 N–H and O–H groups in total. The lowest BCUT2D eigenvalue weighted by Gasteiger charge is -2.09. The molecule has 2 aromatic heterocycles. The van der Waals surface area contributed by atoms with E-state index in [1.807, 2.05) is 19.9 Å². The first kappa shape index (κ1) is 13.7. The average Bonchev–Trinajstić information content (AvgIpc) is 2.77. The molecule has 0 atom stereocenters. The van der Waals surface area contributed by atoms with Crippen molar-refractivity contribution in [2.75, 3.05) is 0 Å². The van der Waals surface area contributed by atoms with Crippen LogP contribution in [0.4, 0.5) is 0 Å². The quantitative estimate of drug-likeness (QED) is 0.910. The zero-order valence-electron chi connectivity index (χ0n) is 11.0. The number of carbonyl (C=O) groups is 1. The second-order valence-electron chi connectivity index (χ2n) is 4.35. The Morgan fingerprint density at radius 3 is 2.79 bits per heavy atom. The van der Waals surface area contributed by atoms with E-state index < -0.39 is 5.97 Å². The molecule has 102 valence electrons. The molecule has 0 unspecified atom stereocenters. The van der Waals surface area contributed by atoms with Gasteiger partial charge in [0.1, 0.15) is 17.2 Å². The monoisotopic (exact) mass is 280 g/mol. The maximum Gasteiger partial charge on any atom is 0.323 e. The van der Waals surface area contributed by atoms with Crippen molar-refractivity contribution < 1.29 is 9.90 Å². The molecule has 0 saturated carbocycles. The fraction of sp³-hybridized carbons (Fsp3) is 0.462. The number of nitrogens with zero attached hydrogens (tertiary/aromatic N) is 2. The topological polar surface area (TPSA) is 72.2 Å². The highest BCUT2D eigenvalue weighted by Gasteiger charge is 2.15. The number of carboxylic acids is 1. The standard InChI is InChI=1S/C13H16N2O3S/c1-3-5-10-14-12-9(6-8(4-2)19-12)13(18)15(10)7-11(16)17/h6H,3-5,7H2,1-2H3,(H,16,17). The van der Waals surface area contributed by atoms with Crippen molar-refractivity contribution in [3.05, 3.63) is 27.1 Å². The van der Waals surface area contributed by atoms with Gasteiger partial charge in [-0.2, -0.15) is 0 Å². The molecule has 0 fully saturated rings. The fourth-order valence-electron chi connectivity index (χ4n) is 1.99. The van der Waals surface area contributed by atoms with E-state index >= 15 is 0 Å². The van der Waals surface area contributed by atoms with E-state index in [4.69, 9.17) is 5.11 Å². The van der Waals surface area contributed by atoms with Crippen LogP contribution in [0.1, 0.15) is 31.0 Å². The highest BCUT2D eigenvalue weighted by Crippen LogP contribution is 2.22. The Bertz CT molecular complexity index is 672. The summed E-state index contributed by atoms with van der Waals surface area (Å²) < 4.78 is 1.28. The van der Waals surface area contributed by atoms with Crippen LogP contribution in [-0.4, -0.2) is 20.6 Å². The number of carboxylic acid groups (broad SMARTS) is 1. The summed E-state index contributed by atoms with van der Waals surface area (Å²) in [6.45, 7) is 3.68. The van der Waals surface area contributed by atoms with Crippen LogP contribution in [0.2, 0.25) is 0 Å². The molecule has 0 saturated heterocycles. The molecule has 2 heterocycles. The van der Waals surface area contributed by atoms with Crippen LogP contribution in [0.25, 0.3) is 10.2 Å². The molecule has 5 nitrogen and oxygen atoms in total. The van der Waals surface area contributed by atoms with Gasteiger partial charge < -0.3 is 5.11 Å². The molecule has 0 aliphatic carbocycles. The van der Waals surface area contributed by atoms with Gasteiger partial charge in [0, 0.05) is 11.3 Å². The molecular formula is C13H16N2O3S. The number of thiophene rings is 1. The summed E-state index contributed by atoms with van der Waals surface area (Å²) in [5.74, 6) is -0.460. The number of rotatable bonds is 5. The summed E-state index contributed by atoms with van der Waals surface area (Å²) in [7, 11) is 0. The van der Waals surface area contributed by atoms with Gasteiger partial charge in [-0.25, -0.2) is 4.98 Å². The number of aliphatic carboxylic acids is 1. The number of hydrogen-bond donors (Lipinski definition) is 1. The fourth-order valence-corrected chi connectivity index (χ4v) is 2.97. The highest BCUT2D eigenvalue weighted by atomic mass is 32.1. The van der Waals surface area contributed by atoms with Gasteiger partial charge in [-0.3, -0.25) is 14.2 Å². The molecule has 2 aromatic rings. The maximum atomic E-state index is 12.4. The zero-order chi connectivity index (χ0) is 14.0. The van der Waals surface area contributed by atoms with Crippen LogP contribution in [0.3, 0.4) is 0 Å². The first-order valence-electron chi connectivity index (χ1n) is 6.30. The summed E-state index contributed by atoms with van der Waals surface area (Å²) in [6.07, 6.45) is 2.28. The third-order valence-corrected chi connectivity index (χ3v) is 4.07. The minimum absolute atomic E-state index is 0.244. The first-order valence-corrected chi connectivity index (χ1v) is 7.12. The molecule has 0 aliphatic rings. The van der Waals surface area contributed by atoms with Gasteiger partial charge in [0.25, 0.3) is 5.56 Å². The summed E-state index contributed by atoms with van der Waals surface area (Å²) in [5.41, 5.74) is -0.244. The van der Waals surface area contributed by atoms with E-state index in [9.17, 15) is 9.59 Å². The van der Waals surface area contributed by atoms with Crippen molar-refractivity contribution >= 4 is 27.5 Å². The molecule has 0 aliphatic heterocycles. The summed E-state index contributed by atoms with van der Waals surface area (Å²) >= 11 is 1.51. The normalized spacial score (nSPS) is 11.1. The lowest BCUT2D eigenvalue weighted by atomic mass is 10.3. The lowest BCUT2D eigenvalue weighted by molar-refractivity contribution is -0.137. The van der Waals surface area contributed by atoms with Gasteiger partial charge in [0.15, 0.2) is 0 Å². The Balaban J connectivity index is 2.68. The Hall–Kier alpha value is -1.69. The van der Waals surface area contributed by atoms with Crippen molar-refractivity contribution in [2.24, 2.45) is 0 Å². The van der Waals surface area contributed by atoms with Gasteiger partial charge in [0.2, 0.25) is 0 Å². The maximum absolute atomic E-state index is 12.4. The Morgan fingerprint density at radius 1 is 1.47 bits per heavy atom. The predicted octanol–water partition coefficient (Wildman–Crippen LogP) is 2.06. The number of aromatic nitrogens is 2. The smallest absolute Gasteiger partial charge is 0.323 e. The highest BCUT2D eigenvalue weighted by molar-refractivity contribution is 7.18. The SMILES string of the molecule is CCCc1nc2sc(CC)cc2c(=O)n1CC(=O)O. The van der Waals surface area contributed by atoms with Gasteiger partial charge in [-0.05, 0) is 18.9 Å². The van der Waals surface area contributed by atoms with Gasteiger partial charge in [-0.15, -0.1) is 11.3 Å². The minimum atomic E-state index is -1.02. The Morgan fingerprint density at radius 2 is 2.21 bits per heavy atom. The van der Waals surface area contributed by atoms with E-state index in [1.165, 1.54) is 15.9 Å². The predicted molar refractivity (Wildman–Crippen MR) is 74.9 cm³/mol. The van der Waals surface area contributed by atoms with Crippen LogP contribution in [0.5, 0.6) is 0 Å². The van der Waals surface area contributed by atoms with Crippen molar-refractivity contribution in [2.45, 2.75) is 39.7 Å². The van der Waals surface area contributed by atoms with Crippen LogP contribution in [0.15, 0.2) is 10.9 Å². The minimum Gasteiger partial charge on any atom is -0.480 e. The second kappa shape index (κ2) is 5.52. The third kappa shape index (κ3) is 2.68. The third-order valence-electron chi connectivity index (χ3n) is 2.90. The molecule has 0 radical (unpaired) electrons. The van der Waals surface area contributed by atoms with E-state index in [1.54, 1.807) is 0 Å². The first-order chi connectivity index (χ1) is 9.06. The van der Waals surface area contributed by atoms with Gasteiger partial charge in [-0.1, -0.05) is 13.8 Å². The van der Waals surface area contributed by atoms with Crippen LogP contribution in [0, 0.1) is 0 Å². The number of aryl methyl sites for hydroxylation is 2.